The van der Waals surface area contributed by atoms with E-state index in [1.807, 2.05) is 0 Å². The third kappa shape index (κ3) is 3.09. The fourth-order valence-electron chi connectivity index (χ4n) is 1.66. The largest absolute Gasteiger partial charge is 0.479 e. The Balaban J connectivity index is 2.83. The van der Waals surface area contributed by atoms with Gasteiger partial charge in [-0.2, -0.15) is 13.2 Å². The van der Waals surface area contributed by atoms with Gasteiger partial charge in [0.2, 0.25) is 5.54 Å². The van der Waals surface area contributed by atoms with E-state index in [0.29, 0.717) is 6.92 Å². The Bertz CT molecular complexity index is 397. The Kier molecular flexibility index (Phi) is 3.72. The molecule has 0 aromatic rings. The summed E-state index contributed by atoms with van der Waals surface area (Å²) in [7, 11) is 0. The molecule has 0 spiro atoms. The van der Waals surface area contributed by atoms with Crippen molar-refractivity contribution in [1.82, 2.24) is 10.2 Å². The molecule has 0 radical (unpaired) electrons. The number of rotatable bonds is 2. The standard InChI is InChI=1S/C10H15F3N2O4/c1-8(19)3-4-15(5-8)7(18)14-9(2,6(16)17)10(11,12)13/h19H,3-5H2,1-2H3,(H,14,18)(H,16,17). The van der Waals surface area contributed by atoms with Gasteiger partial charge < -0.3 is 20.4 Å². The van der Waals surface area contributed by atoms with Gasteiger partial charge in [-0.25, -0.2) is 9.59 Å². The van der Waals surface area contributed by atoms with Crippen LogP contribution in [-0.4, -0.2) is 57.5 Å². The van der Waals surface area contributed by atoms with E-state index in [-0.39, 0.29) is 19.5 Å². The van der Waals surface area contributed by atoms with E-state index < -0.39 is 29.3 Å². The third-order valence-electron chi connectivity index (χ3n) is 3.09. The molecule has 0 saturated carbocycles. The number of nitrogens with one attached hydrogen (secondary N) is 1. The van der Waals surface area contributed by atoms with Crippen LogP contribution >= 0.6 is 0 Å². The van der Waals surface area contributed by atoms with Crippen molar-refractivity contribution in [1.29, 1.82) is 0 Å². The number of hydrogen-bond donors (Lipinski definition) is 3. The van der Waals surface area contributed by atoms with Gasteiger partial charge in [0.1, 0.15) is 0 Å². The zero-order valence-corrected chi connectivity index (χ0v) is 10.4. The second-order valence-corrected chi connectivity index (χ2v) is 5.03. The summed E-state index contributed by atoms with van der Waals surface area (Å²) in [5.74, 6) is -2.20. The number of halogens is 3. The average molecular weight is 284 g/mol. The van der Waals surface area contributed by atoms with Gasteiger partial charge in [-0.05, 0) is 20.3 Å². The number of amides is 2. The Labute approximate surface area is 107 Å². The number of alkyl halides is 3. The van der Waals surface area contributed by atoms with Crippen LogP contribution < -0.4 is 5.32 Å². The quantitative estimate of drug-likeness (QED) is 0.691. The predicted molar refractivity (Wildman–Crippen MR) is 57.4 cm³/mol. The SMILES string of the molecule is CC1(O)CCN(C(=O)NC(C)(C(=O)O)C(F)(F)F)C1. The summed E-state index contributed by atoms with van der Waals surface area (Å²) in [5, 5.41) is 19.7. The molecule has 19 heavy (non-hydrogen) atoms. The highest BCUT2D eigenvalue weighted by Crippen LogP contribution is 2.31. The van der Waals surface area contributed by atoms with Crippen molar-refractivity contribution in [3.8, 4) is 0 Å². The minimum absolute atomic E-state index is 0.0619. The van der Waals surface area contributed by atoms with E-state index in [9.17, 15) is 27.9 Å². The number of nitrogens with zero attached hydrogens (tertiary/aromatic N) is 1. The number of hydrogen-bond acceptors (Lipinski definition) is 3. The molecule has 3 N–H and O–H groups in total. The Morgan fingerprint density at radius 3 is 2.21 bits per heavy atom. The van der Waals surface area contributed by atoms with Crippen LogP contribution in [0.2, 0.25) is 0 Å². The van der Waals surface area contributed by atoms with E-state index in [1.165, 1.54) is 12.2 Å². The van der Waals surface area contributed by atoms with Crippen molar-refractivity contribution in [2.24, 2.45) is 0 Å². The molecule has 2 amide bonds. The van der Waals surface area contributed by atoms with Crippen molar-refractivity contribution in [2.75, 3.05) is 13.1 Å². The lowest BCUT2D eigenvalue weighted by Crippen LogP contribution is -2.64. The number of carboxylic acids is 1. The lowest BCUT2D eigenvalue weighted by molar-refractivity contribution is -0.203. The molecule has 2 unspecified atom stereocenters. The summed E-state index contributed by atoms with van der Waals surface area (Å²) in [5.41, 5.74) is -4.53. The fraction of sp³-hybridized carbons (Fsp3) is 0.800. The molecule has 1 saturated heterocycles. The Hall–Kier alpha value is -1.51. The zero-order valence-electron chi connectivity index (χ0n) is 10.4. The summed E-state index contributed by atoms with van der Waals surface area (Å²) < 4.78 is 38.1. The van der Waals surface area contributed by atoms with Crippen LogP contribution in [0.1, 0.15) is 20.3 Å². The minimum Gasteiger partial charge on any atom is -0.479 e. The third-order valence-corrected chi connectivity index (χ3v) is 3.09. The Morgan fingerprint density at radius 1 is 1.37 bits per heavy atom. The maximum Gasteiger partial charge on any atom is 0.422 e. The van der Waals surface area contributed by atoms with E-state index in [0.717, 1.165) is 4.90 Å². The highest BCUT2D eigenvalue weighted by Gasteiger charge is 2.59. The topological polar surface area (TPSA) is 89.9 Å². The normalized spacial score (nSPS) is 26.9. The molecular weight excluding hydrogens is 269 g/mol. The monoisotopic (exact) mass is 284 g/mol. The molecule has 0 aliphatic carbocycles. The molecule has 1 aliphatic heterocycles. The summed E-state index contributed by atoms with van der Waals surface area (Å²) in [4.78, 5) is 23.3. The second-order valence-electron chi connectivity index (χ2n) is 5.03. The van der Waals surface area contributed by atoms with Gasteiger partial charge in [0.15, 0.2) is 0 Å². The number of urea groups is 1. The van der Waals surface area contributed by atoms with Crippen LogP contribution in [0.5, 0.6) is 0 Å². The first-order valence-corrected chi connectivity index (χ1v) is 5.49. The maximum atomic E-state index is 12.7. The van der Waals surface area contributed by atoms with Crippen molar-refractivity contribution in [3.05, 3.63) is 0 Å². The first-order valence-electron chi connectivity index (χ1n) is 5.49. The number of carboxylic acid groups (broad SMARTS) is 1. The lowest BCUT2D eigenvalue weighted by atomic mass is 10.0. The molecule has 1 heterocycles. The van der Waals surface area contributed by atoms with Crippen molar-refractivity contribution >= 4 is 12.0 Å². The molecule has 0 aromatic heterocycles. The number of carbonyl (C=O) groups excluding carboxylic acids is 1. The molecule has 1 aliphatic rings. The first-order chi connectivity index (χ1) is 8.39. The van der Waals surface area contributed by atoms with Gasteiger partial charge in [-0.1, -0.05) is 0 Å². The second kappa shape index (κ2) is 4.55. The summed E-state index contributed by atoms with van der Waals surface area (Å²) in [6.07, 6.45) is -4.91. The molecule has 0 bridgehead atoms. The highest BCUT2D eigenvalue weighted by atomic mass is 19.4. The summed E-state index contributed by atoms with van der Waals surface area (Å²) in [6.45, 7) is 1.74. The van der Waals surface area contributed by atoms with Gasteiger partial charge in [0.05, 0.1) is 12.1 Å². The first kappa shape index (κ1) is 15.5. The number of aliphatic hydroxyl groups is 1. The number of likely N-dealkylation sites (tertiary alicyclic amines) is 1. The van der Waals surface area contributed by atoms with E-state index >= 15 is 0 Å². The van der Waals surface area contributed by atoms with Crippen LogP contribution in [0.15, 0.2) is 0 Å². The van der Waals surface area contributed by atoms with Crippen molar-refractivity contribution < 1.29 is 33.0 Å². The van der Waals surface area contributed by atoms with Crippen LogP contribution in [0.4, 0.5) is 18.0 Å². The highest BCUT2D eigenvalue weighted by molar-refractivity contribution is 5.87. The van der Waals surface area contributed by atoms with E-state index in [1.54, 1.807) is 0 Å². The van der Waals surface area contributed by atoms with Crippen LogP contribution in [-0.2, 0) is 4.79 Å². The molecule has 9 heteroatoms. The molecule has 1 fully saturated rings. The molecule has 1 rings (SSSR count). The van der Waals surface area contributed by atoms with Gasteiger partial charge in [0, 0.05) is 6.54 Å². The molecule has 110 valence electrons. The average Bonchev–Trinajstić information content (AvgIpc) is 2.56. The Morgan fingerprint density at radius 2 is 1.89 bits per heavy atom. The van der Waals surface area contributed by atoms with Gasteiger partial charge in [-0.15, -0.1) is 0 Å². The van der Waals surface area contributed by atoms with Gasteiger partial charge >= 0.3 is 18.2 Å². The van der Waals surface area contributed by atoms with Gasteiger partial charge in [-0.3, -0.25) is 0 Å². The maximum absolute atomic E-state index is 12.7. The number of aliphatic carboxylic acids is 1. The summed E-state index contributed by atoms with van der Waals surface area (Å²) >= 11 is 0. The molecular formula is C10H15F3N2O4. The van der Waals surface area contributed by atoms with Crippen LogP contribution in [0.25, 0.3) is 0 Å². The van der Waals surface area contributed by atoms with Crippen LogP contribution in [0, 0.1) is 0 Å². The smallest absolute Gasteiger partial charge is 0.422 e. The number of β-amino-alcohol motifs (C(OH)–C–C–N with tert-alkyl or cyclic N) is 1. The zero-order chi connectivity index (χ0) is 15.1. The predicted octanol–water partition coefficient (Wildman–Crippen LogP) is 0.558. The van der Waals surface area contributed by atoms with Crippen molar-refractivity contribution in [3.63, 3.8) is 0 Å². The summed E-state index contributed by atoms with van der Waals surface area (Å²) in [6, 6.07) is -1.17. The minimum atomic E-state index is -5.13. The van der Waals surface area contributed by atoms with Crippen molar-refractivity contribution in [2.45, 2.75) is 37.6 Å². The van der Waals surface area contributed by atoms with E-state index in [4.69, 9.17) is 5.11 Å². The number of carbonyl (C=O) groups is 2. The molecule has 0 aromatic carbocycles. The lowest BCUT2D eigenvalue weighted by Gasteiger charge is -2.30. The molecule has 2 atom stereocenters. The van der Waals surface area contributed by atoms with E-state index in [2.05, 4.69) is 0 Å². The fourth-order valence-corrected chi connectivity index (χ4v) is 1.66. The van der Waals surface area contributed by atoms with Gasteiger partial charge in [0.25, 0.3) is 0 Å². The molecule has 6 nitrogen and oxygen atoms in total. The van der Waals surface area contributed by atoms with Crippen LogP contribution in [0.3, 0.4) is 0 Å².